The van der Waals surface area contributed by atoms with E-state index in [0.29, 0.717) is 28.3 Å². The number of carbonyl (C=O) groups excluding carboxylic acids is 1. The van der Waals surface area contributed by atoms with Gasteiger partial charge in [0.1, 0.15) is 17.1 Å². The molecule has 7 heteroatoms. The Morgan fingerprint density at radius 1 is 0.829 bits per heavy atom. The normalized spacial score (nSPS) is 10.6. The Labute approximate surface area is 203 Å². The van der Waals surface area contributed by atoms with Crippen LogP contribution in [0.2, 0.25) is 0 Å². The van der Waals surface area contributed by atoms with Crippen molar-refractivity contribution >= 4 is 5.97 Å². The van der Waals surface area contributed by atoms with Crippen molar-refractivity contribution in [2.24, 2.45) is 0 Å². The Morgan fingerprint density at radius 3 is 1.94 bits per heavy atom. The Morgan fingerprint density at radius 2 is 1.40 bits per heavy atom. The van der Waals surface area contributed by atoms with Gasteiger partial charge >= 0.3 is 5.97 Å². The Hall–Kier alpha value is -4.39. The second kappa shape index (κ2) is 10.7. The largest absolute Gasteiger partial charge is 0.497 e. The van der Waals surface area contributed by atoms with Crippen LogP contribution < -0.4 is 15.0 Å². The van der Waals surface area contributed by atoms with Gasteiger partial charge in [0.2, 0.25) is 0 Å². The molecule has 1 heterocycles. The smallest absolute Gasteiger partial charge is 0.344 e. The zero-order chi connectivity index (χ0) is 24.8. The molecule has 3 aromatic carbocycles. The summed E-state index contributed by atoms with van der Waals surface area (Å²) in [6.45, 7) is 2.05. The maximum atomic E-state index is 13.6. The van der Waals surface area contributed by atoms with E-state index >= 15 is 0 Å². The van der Waals surface area contributed by atoms with Gasteiger partial charge in [-0.2, -0.15) is 5.10 Å². The van der Waals surface area contributed by atoms with Gasteiger partial charge in [-0.15, -0.1) is 0 Å². The summed E-state index contributed by atoms with van der Waals surface area (Å²) in [6.07, 6.45) is 0. The van der Waals surface area contributed by atoms with Crippen molar-refractivity contribution in [2.45, 2.75) is 13.5 Å². The molecule has 0 saturated heterocycles. The molecule has 0 saturated carbocycles. The van der Waals surface area contributed by atoms with E-state index in [1.165, 1.54) is 4.68 Å². The van der Waals surface area contributed by atoms with E-state index in [1.807, 2.05) is 54.6 Å². The molecule has 7 nitrogen and oxygen atoms in total. The highest BCUT2D eigenvalue weighted by Crippen LogP contribution is 2.34. The fourth-order valence-corrected chi connectivity index (χ4v) is 3.82. The van der Waals surface area contributed by atoms with Crippen LogP contribution in [0.1, 0.15) is 22.8 Å². The first-order valence-corrected chi connectivity index (χ1v) is 11.2. The third-order valence-electron chi connectivity index (χ3n) is 5.55. The lowest BCUT2D eigenvalue weighted by atomic mass is 9.95. The molecular formula is C28H26N2O5. The molecular weight excluding hydrogens is 444 g/mol. The van der Waals surface area contributed by atoms with Gasteiger partial charge in [-0.25, -0.2) is 9.48 Å². The van der Waals surface area contributed by atoms with Gasteiger partial charge in [-0.1, -0.05) is 42.5 Å². The van der Waals surface area contributed by atoms with E-state index in [-0.39, 0.29) is 18.7 Å². The molecule has 0 atom stereocenters. The van der Waals surface area contributed by atoms with Crippen LogP contribution in [0.25, 0.3) is 22.4 Å². The zero-order valence-corrected chi connectivity index (χ0v) is 19.9. The third kappa shape index (κ3) is 5.09. The first-order valence-electron chi connectivity index (χ1n) is 11.2. The SMILES string of the molecule is CCOC(=O)c1c(-c2ccc(OC)cc2)c(-c2ccc(OC)cc2)nn(Cc2ccccc2)c1=O. The van der Waals surface area contributed by atoms with Gasteiger partial charge in [0.25, 0.3) is 5.56 Å². The van der Waals surface area contributed by atoms with Crippen molar-refractivity contribution in [1.29, 1.82) is 0 Å². The van der Waals surface area contributed by atoms with Crippen LogP contribution in [0.3, 0.4) is 0 Å². The predicted octanol–water partition coefficient (Wildman–Crippen LogP) is 4.82. The van der Waals surface area contributed by atoms with Crippen LogP contribution in [0.15, 0.2) is 83.7 Å². The topological polar surface area (TPSA) is 79.7 Å². The average molecular weight is 471 g/mol. The molecule has 35 heavy (non-hydrogen) atoms. The average Bonchev–Trinajstić information content (AvgIpc) is 2.90. The van der Waals surface area contributed by atoms with Gasteiger partial charge in [0.15, 0.2) is 0 Å². The van der Waals surface area contributed by atoms with E-state index in [2.05, 4.69) is 0 Å². The minimum absolute atomic E-state index is 0.0613. The van der Waals surface area contributed by atoms with Crippen LogP contribution in [-0.2, 0) is 11.3 Å². The molecule has 4 aromatic rings. The molecule has 0 aliphatic heterocycles. The summed E-state index contributed by atoms with van der Waals surface area (Å²) < 4.78 is 17.2. The molecule has 178 valence electrons. The van der Waals surface area contributed by atoms with Crippen molar-refractivity contribution in [3.05, 3.63) is 100 Å². The summed E-state index contributed by atoms with van der Waals surface area (Å²) >= 11 is 0. The molecule has 0 aliphatic carbocycles. The number of benzene rings is 3. The second-order valence-corrected chi connectivity index (χ2v) is 7.72. The molecule has 0 unspecified atom stereocenters. The highest BCUT2D eigenvalue weighted by molar-refractivity contribution is 6.01. The number of methoxy groups -OCH3 is 2. The number of hydrogen-bond donors (Lipinski definition) is 0. The molecule has 0 bridgehead atoms. The summed E-state index contributed by atoms with van der Waals surface area (Å²) in [7, 11) is 3.17. The Kier molecular flexibility index (Phi) is 7.26. The number of esters is 1. The molecule has 1 aromatic heterocycles. The van der Waals surface area contributed by atoms with Crippen LogP contribution in [0.4, 0.5) is 0 Å². The molecule has 0 radical (unpaired) electrons. The monoisotopic (exact) mass is 470 g/mol. The highest BCUT2D eigenvalue weighted by Gasteiger charge is 2.26. The van der Waals surface area contributed by atoms with E-state index in [1.54, 1.807) is 45.4 Å². The lowest BCUT2D eigenvalue weighted by Gasteiger charge is -2.17. The van der Waals surface area contributed by atoms with Crippen molar-refractivity contribution in [3.63, 3.8) is 0 Å². The van der Waals surface area contributed by atoms with Crippen molar-refractivity contribution in [1.82, 2.24) is 9.78 Å². The van der Waals surface area contributed by atoms with Crippen LogP contribution in [0.5, 0.6) is 11.5 Å². The highest BCUT2D eigenvalue weighted by atomic mass is 16.5. The van der Waals surface area contributed by atoms with Gasteiger partial charge in [0, 0.05) is 11.1 Å². The molecule has 0 fully saturated rings. The molecule has 0 N–H and O–H groups in total. The molecule has 0 aliphatic rings. The summed E-state index contributed by atoms with van der Waals surface area (Å²) in [6, 6.07) is 24.0. The zero-order valence-electron chi connectivity index (χ0n) is 19.9. The van der Waals surface area contributed by atoms with Crippen molar-refractivity contribution < 1.29 is 19.0 Å². The lowest BCUT2D eigenvalue weighted by molar-refractivity contribution is 0.0524. The third-order valence-corrected chi connectivity index (χ3v) is 5.55. The Bertz CT molecular complexity index is 1360. The van der Waals surface area contributed by atoms with Crippen LogP contribution >= 0.6 is 0 Å². The molecule has 0 spiro atoms. The van der Waals surface area contributed by atoms with E-state index < -0.39 is 11.5 Å². The van der Waals surface area contributed by atoms with Crippen molar-refractivity contribution in [2.75, 3.05) is 20.8 Å². The summed E-state index contributed by atoms with van der Waals surface area (Å²) in [5, 5.41) is 4.74. The number of ether oxygens (including phenoxy) is 3. The fraction of sp³-hybridized carbons (Fsp3) is 0.179. The summed E-state index contributed by atoms with van der Waals surface area (Å²) in [5.74, 6) is 0.646. The fourth-order valence-electron chi connectivity index (χ4n) is 3.82. The van der Waals surface area contributed by atoms with Gasteiger partial charge < -0.3 is 14.2 Å². The molecule has 4 rings (SSSR count). The van der Waals surface area contributed by atoms with Gasteiger partial charge in [-0.3, -0.25) is 4.79 Å². The quantitative estimate of drug-likeness (QED) is 0.344. The maximum absolute atomic E-state index is 13.6. The lowest BCUT2D eigenvalue weighted by Crippen LogP contribution is -2.31. The standard InChI is InChI=1S/C28H26N2O5/c1-4-35-28(32)25-24(20-10-14-22(33-2)15-11-20)26(21-12-16-23(34-3)17-13-21)29-30(27(25)31)18-19-8-6-5-7-9-19/h5-17H,4,18H2,1-3H3. The number of nitrogens with zero attached hydrogens (tertiary/aromatic N) is 2. The first-order chi connectivity index (χ1) is 17.0. The van der Waals surface area contributed by atoms with E-state index in [4.69, 9.17) is 19.3 Å². The summed E-state index contributed by atoms with van der Waals surface area (Å²) in [4.78, 5) is 26.8. The predicted molar refractivity (Wildman–Crippen MR) is 134 cm³/mol. The number of rotatable bonds is 8. The number of hydrogen-bond acceptors (Lipinski definition) is 6. The maximum Gasteiger partial charge on any atom is 0.344 e. The first kappa shape index (κ1) is 23.8. The minimum Gasteiger partial charge on any atom is -0.497 e. The molecule has 0 amide bonds. The van der Waals surface area contributed by atoms with E-state index in [0.717, 1.165) is 11.1 Å². The number of aromatic nitrogens is 2. The van der Waals surface area contributed by atoms with Crippen LogP contribution in [-0.4, -0.2) is 36.6 Å². The van der Waals surface area contributed by atoms with Gasteiger partial charge in [-0.05, 0) is 54.4 Å². The van der Waals surface area contributed by atoms with E-state index in [9.17, 15) is 9.59 Å². The second-order valence-electron chi connectivity index (χ2n) is 7.72. The van der Waals surface area contributed by atoms with Crippen LogP contribution in [0, 0.1) is 0 Å². The summed E-state index contributed by atoms with van der Waals surface area (Å²) in [5.41, 5.74) is 2.57. The minimum atomic E-state index is -0.692. The number of carbonyl (C=O) groups is 1. The van der Waals surface area contributed by atoms with Crippen molar-refractivity contribution in [3.8, 4) is 33.9 Å². The Balaban J connectivity index is 2.02. The van der Waals surface area contributed by atoms with Gasteiger partial charge in [0.05, 0.1) is 33.1 Å².